The van der Waals surface area contributed by atoms with Crippen LogP contribution in [0.4, 0.5) is 5.69 Å². The molecule has 1 aromatic carbocycles. The number of benzene rings is 1. The number of nitrogens with one attached hydrogen (secondary N) is 1. The third-order valence-electron chi connectivity index (χ3n) is 4.23. The molecule has 1 fully saturated rings. The van der Waals surface area contributed by atoms with E-state index in [4.69, 9.17) is 5.73 Å². The van der Waals surface area contributed by atoms with E-state index in [1.165, 1.54) is 12.8 Å². The Morgan fingerprint density at radius 1 is 1.12 bits per heavy atom. The van der Waals surface area contributed by atoms with Gasteiger partial charge in [-0.05, 0) is 43.5 Å². The van der Waals surface area contributed by atoms with E-state index in [1.54, 1.807) is 24.3 Å². The van der Waals surface area contributed by atoms with Crippen molar-refractivity contribution in [1.82, 2.24) is 4.90 Å². The van der Waals surface area contributed by atoms with Crippen molar-refractivity contribution >= 4 is 29.9 Å². The van der Waals surface area contributed by atoms with Crippen molar-refractivity contribution in [3.8, 4) is 0 Å². The van der Waals surface area contributed by atoms with Crippen molar-refractivity contribution < 1.29 is 9.59 Å². The molecule has 0 aromatic heterocycles. The molecule has 1 heterocycles. The Labute approximate surface area is 150 Å². The summed E-state index contributed by atoms with van der Waals surface area (Å²) in [5, 5.41) is 2.79. The first kappa shape index (κ1) is 20.5. The van der Waals surface area contributed by atoms with Crippen LogP contribution in [0.1, 0.15) is 55.8 Å². The Hall–Kier alpha value is -1.59. The van der Waals surface area contributed by atoms with Gasteiger partial charge in [-0.15, -0.1) is 12.4 Å². The van der Waals surface area contributed by atoms with Crippen LogP contribution in [0.15, 0.2) is 24.3 Å². The summed E-state index contributed by atoms with van der Waals surface area (Å²) in [5.41, 5.74) is 7.14. The summed E-state index contributed by atoms with van der Waals surface area (Å²) in [5.74, 6) is -0.106. The first-order valence-electron chi connectivity index (χ1n) is 8.57. The zero-order chi connectivity index (χ0) is 16.7. The standard InChI is InChI=1S/C18H27N3O2.ClH/c1-2-7-16(19)17(22)20-15-10-8-14(9-11-15)18(23)21-12-5-3-4-6-13-21;/h8-11,16H,2-7,12-13,19H2,1H3,(H,20,22);1H. The molecule has 2 rings (SSSR count). The minimum atomic E-state index is -0.488. The zero-order valence-corrected chi connectivity index (χ0v) is 15.1. The van der Waals surface area contributed by atoms with Crippen molar-refractivity contribution in [2.45, 2.75) is 51.5 Å². The molecular formula is C18H28ClN3O2. The maximum absolute atomic E-state index is 12.5. The van der Waals surface area contributed by atoms with Crippen LogP contribution in [0, 0.1) is 0 Å². The number of carbonyl (C=O) groups excluding carboxylic acids is 2. The molecule has 2 amide bonds. The molecule has 6 heteroatoms. The molecule has 5 nitrogen and oxygen atoms in total. The Kier molecular flexibility index (Phi) is 8.79. The number of nitrogens with two attached hydrogens (primary N) is 1. The van der Waals surface area contributed by atoms with Gasteiger partial charge in [-0.1, -0.05) is 26.2 Å². The summed E-state index contributed by atoms with van der Waals surface area (Å²) in [7, 11) is 0. The van der Waals surface area contributed by atoms with Crippen LogP contribution in [0.25, 0.3) is 0 Å². The maximum atomic E-state index is 12.5. The lowest BCUT2D eigenvalue weighted by Crippen LogP contribution is -2.35. The van der Waals surface area contributed by atoms with Gasteiger partial charge in [0.2, 0.25) is 5.91 Å². The van der Waals surface area contributed by atoms with Crippen molar-refractivity contribution in [2.75, 3.05) is 18.4 Å². The van der Waals surface area contributed by atoms with Gasteiger partial charge in [-0.2, -0.15) is 0 Å². The largest absolute Gasteiger partial charge is 0.339 e. The second kappa shape index (κ2) is 10.3. The highest BCUT2D eigenvalue weighted by molar-refractivity contribution is 5.97. The second-order valence-corrected chi connectivity index (χ2v) is 6.17. The fourth-order valence-corrected chi connectivity index (χ4v) is 2.83. The van der Waals surface area contributed by atoms with Gasteiger partial charge in [-0.25, -0.2) is 0 Å². The number of anilines is 1. The van der Waals surface area contributed by atoms with Gasteiger partial charge in [0, 0.05) is 24.3 Å². The molecule has 3 N–H and O–H groups in total. The first-order chi connectivity index (χ1) is 11.1. The van der Waals surface area contributed by atoms with E-state index in [0.717, 1.165) is 32.4 Å². The molecule has 1 aliphatic heterocycles. The van der Waals surface area contributed by atoms with Crippen LogP contribution in [-0.4, -0.2) is 35.8 Å². The number of halogens is 1. The monoisotopic (exact) mass is 353 g/mol. The van der Waals surface area contributed by atoms with Gasteiger partial charge in [0.25, 0.3) is 5.91 Å². The van der Waals surface area contributed by atoms with Crippen molar-refractivity contribution in [2.24, 2.45) is 5.73 Å². The third-order valence-corrected chi connectivity index (χ3v) is 4.23. The lowest BCUT2D eigenvalue weighted by molar-refractivity contribution is -0.117. The smallest absolute Gasteiger partial charge is 0.253 e. The van der Waals surface area contributed by atoms with Gasteiger partial charge in [0.15, 0.2) is 0 Å². The SMILES string of the molecule is CCCC(N)C(=O)Nc1ccc(C(=O)N2CCCCCC2)cc1.Cl. The highest BCUT2D eigenvalue weighted by Crippen LogP contribution is 2.16. The topological polar surface area (TPSA) is 75.4 Å². The molecule has 134 valence electrons. The van der Waals surface area contributed by atoms with E-state index >= 15 is 0 Å². The van der Waals surface area contributed by atoms with Gasteiger partial charge in [-0.3, -0.25) is 9.59 Å². The highest BCUT2D eigenvalue weighted by atomic mass is 35.5. The Balaban J connectivity index is 0.00000288. The summed E-state index contributed by atoms with van der Waals surface area (Å²) in [6, 6.07) is 6.59. The van der Waals surface area contributed by atoms with Gasteiger partial charge < -0.3 is 16.0 Å². The number of amides is 2. The zero-order valence-electron chi connectivity index (χ0n) is 14.3. The molecule has 0 aliphatic carbocycles. The van der Waals surface area contributed by atoms with Crippen LogP contribution in [-0.2, 0) is 4.79 Å². The first-order valence-corrected chi connectivity index (χ1v) is 8.57. The summed E-state index contributed by atoms with van der Waals surface area (Å²) < 4.78 is 0. The highest BCUT2D eigenvalue weighted by Gasteiger charge is 2.17. The van der Waals surface area contributed by atoms with E-state index in [2.05, 4.69) is 5.32 Å². The molecule has 1 saturated heterocycles. The van der Waals surface area contributed by atoms with Crippen molar-refractivity contribution in [3.63, 3.8) is 0 Å². The van der Waals surface area contributed by atoms with Gasteiger partial charge in [0.1, 0.15) is 0 Å². The summed E-state index contributed by atoms with van der Waals surface area (Å²) in [4.78, 5) is 26.3. The van der Waals surface area contributed by atoms with E-state index in [1.807, 2.05) is 11.8 Å². The number of nitrogens with zero attached hydrogens (tertiary/aromatic N) is 1. The Bertz CT molecular complexity index is 526. The van der Waals surface area contributed by atoms with Gasteiger partial charge >= 0.3 is 0 Å². The summed E-state index contributed by atoms with van der Waals surface area (Å²) in [6.07, 6.45) is 6.10. The Morgan fingerprint density at radius 3 is 2.25 bits per heavy atom. The van der Waals surface area contributed by atoms with Crippen LogP contribution in [0.3, 0.4) is 0 Å². The molecule has 1 aromatic rings. The fourth-order valence-electron chi connectivity index (χ4n) is 2.83. The van der Waals surface area contributed by atoms with Gasteiger partial charge in [0.05, 0.1) is 6.04 Å². The number of rotatable bonds is 5. The molecule has 1 unspecified atom stereocenters. The van der Waals surface area contributed by atoms with Crippen LogP contribution in [0.5, 0.6) is 0 Å². The lowest BCUT2D eigenvalue weighted by atomic mass is 10.1. The summed E-state index contributed by atoms with van der Waals surface area (Å²) >= 11 is 0. The second-order valence-electron chi connectivity index (χ2n) is 6.17. The number of hydrogen-bond acceptors (Lipinski definition) is 3. The predicted molar refractivity (Wildman–Crippen MR) is 99.6 cm³/mol. The fraction of sp³-hybridized carbons (Fsp3) is 0.556. The van der Waals surface area contributed by atoms with Crippen LogP contribution < -0.4 is 11.1 Å². The molecule has 0 spiro atoms. The average molecular weight is 354 g/mol. The molecule has 0 radical (unpaired) electrons. The van der Waals surface area contributed by atoms with E-state index in [0.29, 0.717) is 17.7 Å². The molecule has 24 heavy (non-hydrogen) atoms. The molecular weight excluding hydrogens is 326 g/mol. The third kappa shape index (κ3) is 5.80. The van der Waals surface area contributed by atoms with Crippen LogP contribution >= 0.6 is 12.4 Å². The number of carbonyl (C=O) groups is 2. The molecule has 0 saturated carbocycles. The quantitative estimate of drug-likeness (QED) is 0.853. The predicted octanol–water partition coefficient (Wildman–Crippen LogP) is 3.19. The normalized spacial score (nSPS) is 15.8. The maximum Gasteiger partial charge on any atom is 0.253 e. The van der Waals surface area contributed by atoms with E-state index in [-0.39, 0.29) is 24.2 Å². The molecule has 1 atom stereocenters. The average Bonchev–Trinajstić information content (AvgIpc) is 2.84. The molecule has 1 aliphatic rings. The van der Waals surface area contributed by atoms with E-state index in [9.17, 15) is 9.59 Å². The van der Waals surface area contributed by atoms with E-state index < -0.39 is 6.04 Å². The number of likely N-dealkylation sites (tertiary alicyclic amines) is 1. The van der Waals surface area contributed by atoms with Crippen molar-refractivity contribution in [3.05, 3.63) is 29.8 Å². The summed E-state index contributed by atoms with van der Waals surface area (Å²) in [6.45, 7) is 3.67. The minimum absolute atomic E-state index is 0. The number of hydrogen-bond donors (Lipinski definition) is 2. The Morgan fingerprint density at radius 2 is 1.71 bits per heavy atom. The van der Waals surface area contributed by atoms with Crippen LogP contribution in [0.2, 0.25) is 0 Å². The lowest BCUT2D eigenvalue weighted by Gasteiger charge is -2.20. The van der Waals surface area contributed by atoms with Crippen molar-refractivity contribution in [1.29, 1.82) is 0 Å². The minimum Gasteiger partial charge on any atom is -0.339 e. The molecule has 0 bridgehead atoms.